The summed E-state index contributed by atoms with van der Waals surface area (Å²) >= 11 is 0. The number of hydrogen-bond donors (Lipinski definition) is 3. The summed E-state index contributed by atoms with van der Waals surface area (Å²) in [4.78, 5) is 11.5. The van der Waals surface area contributed by atoms with Gasteiger partial charge >= 0.3 is 6.09 Å². The smallest absolute Gasteiger partial charge is 0.407 e. The van der Waals surface area contributed by atoms with E-state index in [9.17, 15) is 15.0 Å². The molecule has 0 heterocycles. The van der Waals surface area contributed by atoms with Crippen molar-refractivity contribution >= 4 is 6.09 Å². The van der Waals surface area contributed by atoms with Crippen molar-refractivity contribution < 1.29 is 19.7 Å². The standard InChI is InChI=1S/C12H21NO4/c1-2-17-12(16)13-11-7-3-4-8(9(11)6-14)10(15)5-7/h7-11,14-15H,2-6H2,1H3,(H,13,16). The van der Waals surface area contributed by atoms with Gasteiger partial charge < -0.3 is 20.3 Å². The van der Waals surface area contributed by atoms with Gasteiger partial charge in [0.05, 0.1) is 12.7 Å². The number of nitrogens with one attached hydrogen (secondary N) is 1. The number of aliphatic hydroxyl groups is 2. The van der Waals surface area contributed by atoms with Crippen LogP contribution in [0.5, 0.6) is 0 Å². The van der Waals surface area contributed by atoms with Gasteiger partial charge in [0.1, 0.15) is 0 Å². The molecular formula is C12H21NO4. The maximum absolute atomic E-state index is 11.5. The second-order valence-electron chi connectivity index (χ2n) is 5.04. The number of aliphatic hydroxyl groups excluding tert-OH is 2. The van der Waals surface area contributed by atoms with Gasteiger partial charge in [-0.1, -0.05) is 0 Å². The van der Waals surface area contributed by atoms with Gasteiger partial charge in [0.25, 0.3) is 0 Å². The number of fused-ring (bicyclic) bond motifs is 3. The van der Waals surface area contributed by atoms with E-state index in [4.69, 9.17) is 4.74 Å². The van der Waals surface area contributed by atoms with Crippen molar-refractivity contribution in [1.82, 2.24) is 5.32 Å². The van der Waals surface area contributed by atoms with Crippen molar-refractivity contribution in [2.75, 3.05) is 13.2 Å². The van der Waals surface area contributed by atoms with Crippen molar-refractivity contribution in [3.05, 3.63) is 0 Å². The number of rotatable bonds is 3. The largest absolute Gasteiger partial charge is 0.450 e. The summed E-state index contributed by atoms with van der Waals surface area (Å²) in [6, 6.07) is -0.0544. The van der Waals surface area contributed by atoms with Crippen LogP contribution in [0.3, 0.4) is 0 Å². The van der Waals surface area contributed by atoms with Gasteiger partial charge in [0.15, 0.2) is 0 Å². The second-order valence-corrected chi connectivity index (χ2v) is 5.04. The van der Waals surface area contributed by atoms with E-state index in [0.717, 1.165) is 19.3 Å². The fraction of sp³-hybridized carbons (Fsp3) is 0.917. The van der Waals surface area contributed by atoms with E-state index in [2.05, 4.69) is 5.32 Å². The minimum Gasteiger partial charge on any atom is -0.450 e. The number of alkyl carbamates (subject to hydrolysis) is 1. The first-order valence-corrected chi connectivity index (χ1v) is 6.39. The average molecular weight is 243 g/mol. The minimum atomic E-state index is -0.419. The Hall–Kier alpha value is -0.810. The third-order valence-electron chi connectivity index (χ3n) is 4.20. The van der Waals surface area contributed by atoms with Crippen molar-refractivity contribution in [2.45, 2.75) is 38.3 Å². The number of hydrogen-bond acceptors (Lipinski definition) is 4. The molecule has 3 aliphatic carbocycles. The molecule has 3 rings (SSSR count). The molecule has 0 saturated heterocycles. The molecule has 2 bridgehead atoms. The van der Waals surface area contributed by atoms with Crippen LogP contribution in [-0.2, 0) is 4.74 Å². The van der Waals surface area contributed by atoms with E-state index < -0.39 is 6.09 Å². The average Bonchev–Trinajstić information content (AvgIpc) is 2.30. The summed E-state index contributed by atoms with van der Waals surface area (Å²) in [6.07, 6.45) is 1.93. The Morgan fingerprint density at radius 2 is 2.24 bits per heavy atom. The first-order chi connectivity index (χ1) is 8.17. The van der Waals surface area contributed by atoms with Crippen molar-refractivity contribution in [3.63, 3.8) is 0 Å². The summed E-state index contributed by atoms with van der Waals surface area (Å²) in [5.41, 5.74) is 0. The summed E-state index contributed by atoms with van der Waals surface area (Å²) in [5.74, 6) is 0.329. The molecule has 3 fully saturated rings. The summed E-state index contributed by atoms with van der Waals surface area (Å²) < 4.78 is 4.88. The lowest BCUT2D eigenvalue weighted by Gasteiger charge is -2.50. The van der Waals surface area contributed by atoms with Gasteiger partial charge in [0.2, 0.25) is 0 Å². The zero-order valence-electron chi connectivity index (χ0n) is 10.1. The molecule has 5 heteroatoms. The van der Waals surface area contributed by atoms with Gasteiger partial charge in [-0.15, -0.1) is 0 Å². The van der Waals surface area contributed by atoms with Crippen molar-refractivity contribution in [3.8, 4) is 0 Å². The predicted octanol–water partition coefficient (Wildman–Crippen LogP) is 0.500. The molecule has 1 amide bonds. The molecule has 3 aliphatic rings. The van der Waals surface area contributed by atoms with Crippen LogP contribution in [0.4, 0.5) is 4.79 Å². The fourth-order valence-corrected chi connectivity index (χ4v) is 3.43. The Kier molecular flexibility index (Phi) is 3.89. The number of carbonyl (C=O) groups is 1. The monoisotopic (exact) mass is 243 g/mol. The number of carbonyl (C=O) groups excluding carboxylic acids is 1. The molecule has 5 nitrogen and oxygen atoms in total. The molecule has 98 valence electrons. The molecule has 0 radical (unpaired) electrons. The van der Waals surface area contributed by atoms with E-state index in [-0.39, 0.29) is 36.5 Å². The third kappa shape index (κ3) is 2.40. The SMILES string of the molecule is CCOC(=O)NC1C2CCC(C(O)C2)C1CO. The molecule has 17 heavy (non-hydrogen) atoms. The Balaban J connectivity index is 2.03. The normalized spacial score (nSPS) is 40.1. The Morgan fingerprint density at radius 1 is 1.47 bits per heavy atom. The predicted molar refractivity (Wildman–Crippen MR) is 61.4 cm³/mol. The number of amides is 1. The zero-order valence-corrected chi connectivity index (χ0v) is 10.1. The van der Waals surface area contributed by atoms with Crippen LogP contribution in [0, 0.1) is 17.8 Å². The van der Waals surface area contributed by atoms with E-state index in [1.54, 1.807) is 6.92 Å². The van der Waals surface area contributed by atoms with Gasteiger partial charge in [-0.05, 0) is 38.0 Å². The highest BCUT2D eigenvalue weighted by molar-refractivity contribution is 5.67. The van der Waals surface area contributed by atoms with Crippen LogP contribution in [-0.4, -0.2) is 41.7 Å². The topological polar surface area (TPSA) is 78.8 Å². The highest BCUT2D eigenvalue weighted by Gasteiger charge is 2.48. The van der Waals surface area contributed by atoms with Crippen LogP contribution in [0.2, 0.25) is 0 Å². The molecular weight excluding hydrogens is 222 g/mol. The molecule has 0 aliphatic heterocycles. The molecule has 3 N–H and O–H groups in total. The maximum atomic E-state index is 11.5. The summed E-state index contributed by atoms with van der Waals surface area (Å²) in [7, 11) is 0. The van der Waals surface area contributed by atoms with Crippen LogP contribution >= 0.6 is 0 Å². The van der Waals surface area contributed by atoms with Crippen LogP contribution < -0.4 is 5.32 Å². The molecule has 5 unspecified atom stereocenters. The Labute approximate surface area is 101 Å². The highest BCUT2D eigenvalue weighted by Crippen LogP contribution is 2.45. The van der Waals surface area contributed by atoms with Gasteiger partial charge in [0, 0.05) is 18.6 Å². The number of ether oxygens (including phenoxy) is 1. The van der Waals surface area contributed by atoms with Crippen LogP contribution in [0.25, 0.3) is 0 Å². The second kappa shape index (κ2) is 5.23. The molecule has 0 spiro atoms. The summed E-state index contributed by atoms with van der Waals surface area (Å²) in [6.45, 7) is 2.12. The van der Waals surface area contributed by atoms with E-state index in [1.807, 2.05) is 0 Å². The van der Waals surface area contributed by atoms with Crippen molar-refractivity contribution in [2.24, 2.45) is 17.8 Å². The van der Waals surface area contributed by atoms with E-state index in [0.29, 0.717) is 6.61 Å². The maximum Gasteiger partial charge on any atom is 0.407 e. The molecule has 0 aromatic carbocycles. The zero-order chi connectivity index (χ0) is 12.4. The highest BCUT2D eigenvalue weighted by atomic mass is 16.5. The third-order valence-corrected chi connectivity index (χ3v) is 4.20. The van der Waals surface area contributed by atoms with Gasteiger partial charge in [-0.2, -0.15) is 0 Å². The van der Waals surface area contributed by atoms with Crippen molar-refractivity contribution in [1.29, 1.82) is 0 Å². The van der Waals surface area contributed by atoms with E-state index >= 15 is 0 Å². The molecule has 3 saturated carbocycles. The van der Waals surface area contributed by atoms with Crippen LogP contribution in [0.15, 0.2) is 0 Å². The molecule has 0 aromatic heterocycles. The Bertz CT molecular complexity index is 284. The fourth-order valence-electron chi connectivity index (χ4n) is 3.43. The lowest BCUT2D eigenvalue weighted by molar-refractivity contribution is -0.0731. The van der Waals surface area contributed by atoms with Crippen LogP contribution in [0.1, 0.15) is 26.2 Å². The van der Waals surface area contributed by atoms with Gasteiger partial charge in [-0.3, -0.25) is 0 Å². The molecule has 0 aromatic rings. The molecule has 5 atom stereocenters. The van der Waals surface area contributed by atoms with E-state index in [1.165, 1.54) is 0 Å². The lowest BCUT2D eigenvalue weighted by atomic mass is 9.60. The van der Waals surface area contributed by atoms with Gasteiger partial charge in [-0.25, -0.2) is 4.79 Å². The quantitative estimate of drug-likeness (QED) is 0.674. The lowest BCUT2D eigenvalue weighted by Crippen LogP contribution is -2.58. The first-order valence-electron chi connectivity index (χ1n) is 6.39. The first kappa shape index (κ1) is 12.6. The summed E-state index contributed by atoms with van der Waals surface area (Å²) in [5, 5.41) is 22.2. The Morgan fingerprint density at radius 3 is 2.82 bits per heavy atom. The minimum absolute atomic E-state index is 0.00922.